The van der Waals surface area contributed by atoms with Gasteiger partial charge in [-0.05, 0) is 36.2 Å². The number of ether oxygens (including phenoxy) is 1. The predicted molar refractivity (Wildman–Crippen MR) is 92.8 cm³/mol. The maximum Gasteiger partial charge on any atom is 0.374 e. The second kappa shape index (κ2) is 7.30. The molecule has 0 aliphatic carbocycles. The molecule has 1 N–H and O–H groups in total. The Labute approximate surface area is 144 Å². The van der Waals surface area contributed by atoms with Gasteiger partial charge in [0, 0.05) is 29.4 Å². The minimum absolute atomic E-state index is 0.0354. The Morgan fingerprint density at radius 1 is 1.16 bits per heavy atom. The van der Waals surface area contributed by atoms with E-state index in [-0.39, 0.29) is 24.8 Å². The number of carbonyl (C=O) groups is 2. The predicted octanol–water partition coefficient (Wildman–Crippen LogP) is 3.96. The molecule has 2 aromatic carbocycles. The van der Waals surface area contributed by atoms with Crippen molar-refractivity contribution in [3.63, 3.8) is 0 Å². The summed E-state index contributed by atoms with van der Waals surface area (Å²) >= 11 is 0. The molecule has 3 aromatic rings. The van der Waals surface area contributed by atoms with Crippen LogP contribution in [0.3, 0.4) is 0 Å². The molecule has 4 nitrogen and oxygen atoms in total. The molecule has 1 atom stereocenters. The molecule has 128 valence electrons. The molecule has 0 aliphatic heterocycles. The summed E-state index contributed by atoms with van der Waals surface area (Å²) in [5.74, 6) is -2.15. The first-order valence-electron chi connectivity index (χ1n) is 8.11. The third-order valence-corrected chi connectivity index (χ3v) is 4.15. The van der Waals surface area contributed by atoms with Crippen LogP contribution in [0.25, 0.3) is 10.9 Å². The second-order valence-corrected chi connectivity index (χ2v) is 5.74. The van der Waals surface area contributed by atoms with Crippen LogP contribution in [-0.2, 0) is 14.3 Å². The van der Waals surface area contributed by atoms with E-state index in [2.05, 4.69) is 4.98 Å². The molecule has 1 aromatic heterocycles. The van der Waals surface area contributed by atoms with Crippen molar-refractivity contribution in [2.75, 3.05) is 6.61 Å². The summed E-state index contributed by atoms with van der Waals surface area (Å²) in [5, 5.41) is 0.700. The lowest BCUT2D eigenvalue weighted by molar-refractivity contribution is -0.153. The Morgan fingerprint density at radius 3 is 2.64 bits per heavy atom. The molecule has 0 spiro atoms. The zero-order chi connectivity index (χ0) is 17.8. The number of ketones is 1. The van der Waals surface area contributed by atoms with Crippen molar-refractivity contribution in [2.45, 2.75) is 19.3 Å². The number of hydrogen-bond donors (Lipinski definition) is 1. The minimum atomic E-state index is -0.838. The number of H-pyrrole nitrogens is 1. The fraction of sp³-hybridized carbons (Fsp3) is 0.200. The van der Waals surface area contributed by atoms with Gasteiger partial charge in [-0.1, -0.05) is 30.3 Å². The normalized spacial score (nSPS) is 12.1. The SMILES string of the molecule is CCOC(=O)C(=O)CC(c1ccccc1)c1c[nH]c2ccc(F)cc12. The summed E-state index contributed by atoms with van der Waals surface area (Å²) in [5.41, 5.74) is 2.43. The lowest BCUT2D eigenvalue weighted by Gasteiger charge is -2.16. The van der Waals surface area contributed by atoms with Crippen molar-refractivity contribution >= 4 is 22.7 Å². The first-order chi connectivity index (χ1) is 12.1. The molecule has 0 fully saturated rings. The molecule has 1 unspecified atom stereocenters. The van der Waals surface area contributed by atoms with Gasteiger partial charge in [0.05, 0.1) is 6.61 Å². The maximum absolute atomic E-state index is 13.7. The Morgan fingerprint density at radius 2 is 1.92 bits per heavy atom. The van der Waals surface area contributed by atoms with Crippen LogP contribution in [0.1, 0.15) is 30.4 Å². The molecular formula is C20H18FNO3. The topological polar surface area (TPSA) is 59.2 Å². The number of halogens is 1. The van der Waals surface area contributed by atoms with Gasteiger partial charge in [-0.3, -0.25) is 4.79 Å². The van der Waals surface area contributed by atoms with E-state index in [0.29, 0.717) is 5.39 Å². The fourth-order valence-corrected chi connectivity index (χ4v) is 2.98. The average molecular weight is 339 g/mol. The van der Waals surface area contributed by atoms with Crippen molar-refractivity contribution in [2.24, 2.45) is 0 Å². The van der Waals surface area contributed by atoms with Gasteiger partial charge < -0.3 is 9.72 Å². The molecule has 5 heteroatoms. The highest BCUT2D eigenvalue weighted by atomic mass is 19.1. The van der Waals surface area contributed by atoms with Gasteiger partial charge >= 0.3 is 5.97 Å². The van der Waals surface area contributed by atoms with Crippen molar-refractivity contribution < 1.29 is 18.7 Å². The third-order valence-electron chi connectivity index (χ3n) is 4.15. The number of nitrogens with one attached hydrogen (secondary N) is 1. The van der Waals surface area contributed by atoms with Crippen LogP contribution in [-0.4, -0.2) is 23.3 Å². The van der Waals surface area contributed by atoms with Crippen LogP contribution in [0.2, 0.25) is 0 Å². The van der Waals surface area contributed by atoms with Crippen LogP contribution in [0.4, 0.5) is 4.39 Å². The summed E-state index contributed by atoms with van der Waals surface area (Å²) in [6, 6.07) is 13.9. The van der Waals surface area contributed by atoms with Gasteiger partial charge in [0.15, 0.2) is 0 Å². The van der Waals surface area contributed by atoms with Crippen LogP contribution < -0.4 is 0 Å². The quantitative estimate of drug-likeness (QED) is 0.546. The van der Waals surface area contributed by atoms with Gasteiger partial charge in [0.25, 0.3) is 0 Å². The van der Waals surface area contributed by atoms with Crippen LogP contribution >= 0.6 is 0 Å². The summed E-state index contributed by atoms with van der Waals surface area (Å²) in [6.07, 6.45) is 1.73. The molecule has 25 heavy (non-hydrogen) atoms. The third kappa shape index (κ3) is 3.60. The second-order valence-electron chi connectivity index (χ2n) is 5.74. The average Bonchev–Trinajstić information content (AvgIpc) is 3.03. The number of carbonyl (C=O) groups excluding carboxylic acids is 2. The maximum atomic E-state index is 13.7. The smallest absolute Gasteiger partial charge is 0.374 e. The van der Waals surface area contributed by atoms with E-state index < -0.39 is 11.8 Å². The molecule has 0 aliphatic rings. The summed E-state index contributed by atoms with van der Waals surface area (Å²) < 4.78 is 18.5. The standard InChI is InChI=1S/C20H18FNO3/c1-2-25-20(24)19(23)11-15(13-6-4-3-5-7-13)17-12-22-18-9-8-14(21)10-16(17)18/h3-10,12,15,22H,2,11H2,1H3. The van der Waals surface area contributed by atoms with E-state index in [1.54, 1.807) is 19.2 Å². The van der Waals surface area contributed by atoms with Gasteiger partial charge in [-0.2, -0.15) is 0 Å². The van der Waals surface area contributed by atoms with Crippen molar-refractivity contribution in [1.29, 1.82) is 0 Å². The lowest BCUT2D eigenvalue weighted by Crippen LogP contribution is -2.20. The minimum Gasteiger partial charge on any atom is -0.460 e. The number of rotatable bonds is 6. The van der Waals surface area contributed by atoms with E-state index in [4.69, 9.17) is 4.74 Å². The lowest BCUT2D eigenvalue weighted by atomic mass is 9.87. The van der Waals surface area contributed by atoms with E-state index >= 15 is 0 Å². The summed E-state index contributed by atoms with van der Waals surface area (Å²) in [6.45, 7) is 1.81. The number of esters is 1. The van der Waals surface area contributed by atoms with E-state index in [1.165, 1.54) is 12.1 Å². The highest BCUT2D eigenvalue weighted by Crippen LogP contribution is 2.34. The number of benzene rings is 2. The zero-order valence-electron chi connectivity index (χ0n) is 13.8. The molecule has 1 heterocycles. The molecule has 0 amide bonds. The highest BCUT2D eigenvalue weighted by Gasteiger charge is 2.25. The molecule has 0 saturated carbocycles. The first-order valence-corrected chi connectivity index (χ1v) is 8.11. The molecule has 0 radical (unpaired) electrons. The van der Waals surface area contributed by atoms with E-state index in [0.717, 1.165) is 16.6 Å². The Kier molecular flexibility index (Phi) is 4.93. The van der Waals surface area contributed by atoms with Crippen molar-refractivity contribution in [3.8, 4) is 0 Å². The first kappa shape index (κ1) is 16.9. The number of Topliss-reactive ketones (excluding diaryl/α,β-unsaturated/α-hetero) is 1. The summed E-state index contributed by atoms with van der Waals surface area (Å²) in [7, 11) is 0. The zero-order valence-corrected chi connectivity index (χ0v) is 13.8. The number of hydrogen-bond acceptors (Lipinski definition) is 3. The van der Waals surface area contributed by atoms with Gasteiger partial charge in [0.2, 0.25) is 5.78 Å². The fourth-order valence-electron chi connectivity index (χ4n) is 2.98. The number of fused-ring (bicyclic) bond motifs is 1. The Bertz CT molecular complexity index is 902. The Balaban J connectivity index is 2.03. The van der Waals surface area contributed by atoms with E-state index in [1.807, 2.05) is 30.3 Å². The van der Waals surface area contributed by atoms with Crippen LogP contribution in [0, 0.1) is 5.82 Å². The van der Waals surface area contributed by atoms with Gasteiger partial charge in [-0.25, -0.2) is 9.18 Å². The molecule has 0 saturated heterocycles. The van der Waals surface area contributed by atoms with Gasteiger partial charge in [-0.15, -0.1) is 0 Å². The highest BCUT2D eigenvalue weighted by molar-refractivity contribution is 6.33. The molecular weight excluding hydrogens is 321 g/mol. The van der Waals surface area contributed by atoms with E-state index in [9.17, 15) is 14.0 Å². The largest absolute Gasteiger partial charge is 0.460 e. The monoisotopic (exact) mass is 339 g/mol. The number of aromatic amines is 1. The van der Waals surface area contributed by atoms with Crippen molar-refractivity contribution in [3.05, 3.63) is 71.7 Å². The Hall–Kier alpha value is -2.95. The van der Waals surface area contributed by atoms with Crippen LogP contribution in [0.15, 0.2) is 54.7 Å². The molecule has 0 bridgehead atoms. The van der Waals surface area contributed by atoms with Crippen molar-refractivity contribution in [1.82, 2.24) is 4.98 Å². The number of aromatic nitrogens is 1. The summed E-state index contributed by atoms with van der Waals surface area (Å²) in [4.78, 5) is 27.1. The van der Waals surface area contributed by atoms with Crippen LogP contribution in [0.5, 0.6) is 0 Å². The molecule has 3 rings (SSSR count). The van der Waals surface area contributed by atoms with Gasteiger partial charge in [0.1, 0.15) is 5.82 Å².